The van der Waals surface area contributed by atoms with Gasteiger partial charge >= 0.3 is 0 Å². The van der Waals surface area contributed by atoms with Crippen molar-refractivity contribution < 1.29 is 0 Å². The van der Waals surface area contributed by atoms with Crippen LogP contribution in [0.25, 0.3) is 0 Å². The number of nitrogens with zero attached hydrogens (tertiary/aromatic N) is 4. The van der Waals surface area contributed by atoms with E-state index in [-0.39, 0.29) is 0 Å². The lowest BCUT2D eigenvalue weighted by Crippen LogP contribution is -2.00. The summed E-state index contributed by atoms with van der Waals surface area (Å²) in [7, 11) is 1.95. The Bertz CT molecular complexity index is 497. The summed E-state index contributed by atoms with van der Waals surface area (Å²) in [5.41, 5.74) is 3.43. The molecule has 2 rings (SSSR count). The number of anilines is 1. The summed E-state index contributed by atoms with van der Waals surface area (Å²) in [5.74, 6) is 0. The third-order valence-electron chi connectivity index (χ3n) is 2.86. The van der Waals surface area contributed by atoms with E-state index in [2.05, 4.69) is 35.6 Å². The van der Waals surface area contributed by atoms with E-state index in [9.17, 15) is 0 Å². The fourth-order valence-electron chi connectivity index (χ4n) is 1.99. The van der Waals surface area contributed by atoms with Gasteiger partial charge < -0.3 is 5.32 Å². The normalized spacial score (nSPS) is 10.8. The molecule has 0 spiro atoms. The summed E-state index contributed by atoms with van der Waals surface area (Å²) in [5, 5.41) is 12.2. The van der Waals surface area contributed by atoms with Gasteiger partial charge in [-0.25, -0.2) is 0 Å². The minimum Gasteiger partial charge on any atom is -0.378 e. The van der Waals surface area contributed by atoms with Gasteiger partial charge in [0, 0.05) is 38.1 Å². The monoisotopic (exact) mass is 247 g/mol. The van der Waals surface area contributed by atoms with Gasteiger partial charge in [0.15, 0.2) is 0 Å². The fraction of sp³-hybridized carbons (Fsp3) is 0.538. The predicted octanol–water partition coefficient (Wildman–Crippen LogP) is 2.20. The number of hydrogen-bond donors (Lipinski definition) is 1. The SMILES string of the molecule is CCCn1cc(CNc2cn(C)nc2CC)cn1. The van der Waals surface area contributed by atoms with Crippen LogP contribution in [0.4, 0.5) is 5.69 Å². The van der Waals surface area contributed by atoms with Gasteiger partial charge in [0.1, 0.15) is 0 Å². The molecule has 0 saturated heterocycles. The molecule has 0 amide bonds. The molecule has 5 heteroatoms. The van der Waals surface area contributed by atoms with E-state index in [1.807, 2.05) is 28.8 Å². The van der Waals surface area contributed by atoms with E-state index >= 15 is 0 Å². The second-order valence-electron chi connectivity index (χ2n) is 4.48. The van der Waals surface area contributed by atoms with Crippen molar-refractivity contribution in [2.45, 2.75) is 39.8 Å². The molecule has 1 N–H and O–H groups in total. The molecular weight excluding hydrogens is 226 g/mol. The van der Waals surface area contributed by atoms with Gasteiger partial charge in [-0.3, -0.25) is 9.36 Å². The molecule has 0 saturated carbocycles. The van der Waals surface area contributed by atoms with E-state index in [1.54, 1.807) is 0 Å². The van der Waals surface area contributed by atoms with Gasteiger partial charge in [0.2, 0.25) is 0 Å². The molecule has 2 aromatic rings. The topological polar surface area (TPSA) is 47.7 Å². The van der Waals surface area contributed by atoms with Crippen LogP contribution in [0.5, 0.6) is 0 Å². The number of hydrogen-bond acceptors (Lipinski definition) is 3. The molecule has 0 aliphatic carbocycles. The van der Waals surface area contributed by atoms with Crippen molar-refractivity contribution in [2.75, 3.05) is 5.32 Å². The maximum atomic E-state index is 4.41. The van der Waals surface area contributed by atoms with E-state index in [0.717, 1.165) is 37.3 Å². The Morgan fingerprint density at radius 2 is 2.11 bits per heavy atom. The Kier molecular flexibility index (Phi) is 4.02. The minimum atomic E-state index is 0.794. The Morgan fingerprint density at radius 3 is 2.83 bits per heavy atom. The maximum Gasteiger partial charge on any atom is 0.0853 e. The predicted molar refractivity (Wildman–Crippen MR) is 72.4 cm³/mol. The Morgan fingerprint density at radius 1 is 1.28 bits per heavy atom. The van der Waals surface area contributed by atoms with Crippen LogP contribution in [-0.4, -0.2) is 19.6 Å². The number of rotatable bonds is 6. The van der Waals surface area contributed by atoms with E-state index in [1.165, 1.54) is 5.56 Å². The molecule has 0 aromatic carbocycles. The first kappa shape index (κ1) is 12.7. The van der Waals surface area contributed by atoms with Crippen molar-refractivity contribution in [3.63, 3.8) is 0 Å². The van der Waals surface area contributed by atoms with Crippen LogP contribution in [0.3, 0.4) is 0 Å². The highest BCUT2D eigenvalue weighted by Gasteiger charge is 2.05. The first-order valence-corrected chi connectivity index (χ1v) is 6.50. The van der Waals surface area contributed by atoms with Crippen molar-refractivity contribution in [1.29, 1.82) is 0 Å². The molecule has 0 atom stereocenters. The van der Waals surface area contributed by atoms with Gasteiger partial charge in [0.05, 0.1) is 17.6 Å². The average Bonchev–Trinajstić information content (AvgIpc) is 2.93. The highest BCUT2D eigenvalue weighted by molar-refractivity contribution is 5.46. The second-order valence-corrected chi connectivity index (χ2v) is 4.48. The summed E-state index contributed by atoms with van der Waals surface area (Å²) in [4.78, 5) is 0. The lowest BCUT2D eigenvalue weighted by molar-refractivity contribution is 0.602. The number of aromatic nitrogens is 4. The first-order chi connectivity index (χ1) is 8.72. The molecule has 0 fully saturated rings. The molecule has 0 bridgehead atoms. The van der Waals surface area contributed by atoms with Gasteiger partial charge in [-0.1, -0.05) is 13.8 Å². The number of nitrogens with one attached hydrogen (secondary N) is 1. The minimum absolute atomic E-state index is 0.794. The molecule has 0 aliphatic heterocycles. The van der Waals surface area contributed by atoms with Crippen LogP contribution in [0.15, 0.2) is 18.6 Å². The van der Waals surface area contributed by atoms with Crippen molar-refractivity contribution >= 4 is 5.69 Å². The Labute approximate surface area is 108 Å². The molecule has 98 valence electrons. The van der Waals surface area contributed by atoms with Gasteiger partial charge in [-0.2, -0.15) is 10.2 Å². The van der Waals surface area contributed by atoms with Gasteiger partial charge in [-0.15, -0.1) is 0 Å². The molecule has 2 aromatic heterocycles. The maximum absolute atomic E-state index is 4.41. The molecule has 5 nitrogen and oxygen atoms in total. The van der Waals surface area contributed by atoms with Crippen LogP contribution >= 0.6 is 0 Å². The standard InChI is InChI=1S/C13H21N5/c1-4-6-18-9-11(8-15-18)7-14-13-10-17(3)16-12(13)5-2/h8-10,14H,4-7H2,1-3H3. The molecule has 2 heterocycles. The Balaban J connectivity index is 1.97. The third-order valence-corrected chi connectivity index (χ3v) is 2.86. The van der Waals surface area contributed by atoms with Crippen molar-refractivity contribution in [3.05, 3.63) is 29.8 Å². The smallest absolute Gasteiger partial charge is 0.0853 e. The van der Waals surface area contributed by atoms with Gasteiger partial charge in [-0.05, 0) is 12.8 Å². The average molecular weight is 247 g/mol. The summed E-state index contributed by atoms with van der Waals surface area (Å²) < 4.78 is 3.84. The van der Waals surface area contributed by atoms with Crippen LogP contribution in [-0.2, 0) is 26.6 Å². The summed E-state index contributed by atoms with van der Waals surface area (Å²) in [6, 6.07) is 0. The molecular formula is C13H21N5. The van der Waals surface area contributed by atoms with Crippen LogP contribution < -0.4 is 5.32 Å². The lowest BCUT2D eigenvalue weighted by Gasteiger charge is -2.03. The van der Waals surface area contributed by atoms with E-state index < -0.39 is 0 Å². The largest absolute Gasteiger partial charge is 0.378 e. The highest BCUT2D eigenvalue weighted by atomic mass is 15.3. The quantitative estimate of drug-likeness (QED) is 0.851. The summed E-state index contributed by atoms with van der Waals surface area (Å²) >= 11 is 0. The highest BCUT2D eigenvalue weighted by Crippen LogP contribution is 2.14. The van der Waals surface area contributed by atoms with Crippen molar-refractivity contribution in [1.82, 2.24) is 19.6 Å². The summed E-state index contributed by atoms with van der Waals surface area (Å²) in [6.45, 7) is 6.05. The summed E-state index contributed by atoms with van der Waals surface area (Å²) in [6.07, 6.45) is 8.09. The van der Waals surface area contributed by atoms with Crippen LogP contribution in [0.1, 0.15) is 31.5 Å². The molecule has 0 aliphatic rings. The Hall–Kier alpha value is -1.78. The van der Waals surface area contributed by atoms with Gasteiger partial charge in [0.25, 0.3) is 0 Å². The second kappa shape index (κ2) is 5.71. The van der Waals surface area contributed by atoms with Crippen LogP contribution in [0, 0.1) is 0 Å². The zero-order valence-corrected chi connectivity index (χ0v) is 11.3. The zero-order chi connectivity index (χ0) is 13.0. The number of aryl methyl sites for hydroxylation is 3. The van der Waals surface area contributed by atoms with Crippen LogP contribution in [0.2, 0.25) is 0 Å². The van der Waals surface area contributed by atoms with Crippen molar-refractivity contribution in [3.8, 4) is 0 Å². The lowest BCUT2D eigenvalue weighted by atomic mass is 10.3. The van der Waals surface area contributed by atoms with E-state index in [0.29, 0.717) is 0 Å². The van der Waals surface area contributed by atoms with E-state index in [4.69, 9.17) is 0 Å². The molecule has 0 radical (unpaired) electrons. The third kappa shape index (κ3) is 2.91. The fourth-order valence-corrected chi connectivity index (χ4v) is 1.99. The molecule has 0 unspecified atom stereocenters. The first-order valence-electron chi connectivity index (χ1n) is 6.50. The molecule has 18 heavy (non-hydrogen) atoms. The van der Waals surface area contributed by atoms with Crippen molar-refractivity contribution in [2.24, 2.45) is 7.05 Å². The zero-order valence-electron chi connectivity index (χ0n) is 11.3.